The van der Waals surface area contributed by atoms with Gasteiger partial charge in [-0.15, -0.1) is 32.9 Å². The Balaban J connectivity index is 1.74. The van der Waals surface area contributed by atoms with Crippen molar-refractivity contribution in [2.45, 2.75) is 17.3 Å². The third-order valence-corrected chi connectivity index (χ3v) is 6.52. The summed E-state index contributed by atoms with van der Waals surface area (Å²) in [5.41, 5.74) is 0.865. The van der Waals surface area contributed by atoms with Crippen molar-refractivity contribution in [3.05, 3.63) is 45.4 Å². The SMILES string of the molecule is C[C@@H](Sc1nncn1C)c1nc2scc(-c3cccs3)c2c(=O)[nH]1. The second-order valence-electron chi connectivity index (χ2n) is 5.24. The number of aromatic nitrogens is 5. The number of thiophene rings is 2. The molecule has 6 nitrogen and oxygen atoms in total. The lowest BCUT2D eigenvalue weighted by molar-refractivity contribution is 0.781. The number of H-pyrrole nitrogens is 1. The third-order valence-electron chi connectivity index (χ3n) is 3.59. The van der Waals surface area contributed by atoms with Crippen LogP contribution in [0.15, 0.2) is 39.2 Å². The van der Waals surface area contributed by atoms with Crippen LogP contribution in [0.25, 0.3) is 20.7 Å². The van der Waals surface area contributed by atoms with Gasteiger partial charge in [0.15, 0.2) is 5.16 Å². The molecule has 9 heteroatoms. The van der Waals surface area contributed by atoms with Crippen molar-refractivity contribution >= 4 is 44.7 Å². The van der Waals surface area contributed by atoms with Crippen molar-refractivity contribution in [1.82, 2.24) is 24.7 Å². The van der Waals surface area contributed by atoms with Gasteiger partial charge >= 0.3 is 0 Å². The summed E-state index contributed by atoms with van der Waals surface area (Å²) in [5, 5.41) is 13.4. The van der Waals surface area contributed by atoms with E-state index < -0.39 is 0 Å². The van der Waals surface area contributed by atoms with Crippen LogP contribution >= 0.6 is 34.4 Å². The molecule has 4 aromatic rings. The van der Waals surface area contributed by atoms with Gasteiger partial charge in [-0.05, 0) is 18.4 Å². The van der Waals surface area contributed by atoms with Gasteiger partial charge in [-0.25, -0.2) is 4.98 Å². The Morgan fingerprint density at radius 1 is 1.38 bits per heavy atom. The number of fused-ring (bicyclic) bond motifs is 1. The quantitative estimate of drug-likeness (QED) is 0.551. The molecule has 0 aromatic carbocycles. The van der Waals surface area contributed by atoms with E-state index in [4.69, 9.17) is 0 Å². The summed E-state index contributed by atoms with van der Waals surface area (Å²) in [4.78, 5) is 22.1. The minimum atomic E-state index is -0.0925. The van der Waals surface area contributed by atoms with Gasteiger partial charge in [0.2, 0.25) is 0 Å². The van der Waals surface area contributed by atoms with Gasteiger partial charge in [-0.2, -0.15) is 0 Å². The van der Waals surface area contributed by atoms with E-state index in [1.165, 1.54) is 23.1 Å². The maximum Gasteiger partial charge on any atom is 0.260 e. The fraction of sp³-hybridized carbons (Fsp3) is 0.200. The summed E-state index contributed by atoms with van der Waals surface area (Å²) in [5.74, 6) is 0.653. The van der Waals surface area contributed by atoms with Crippen LogP contribution in [0.4, 0.5) is 0 Å². The zero-order valence-electron chi connectivity index (χ0n) is 12.9. The molecule has 0 saturated carbocycles. The lowest BCUT2D eigenvalue weighted by Crippen LogP contribution is -2.12. The summed E-state index contributed by atoms with van der Waals surface area (Å²) in [6.07, 6.45) is 1.65. The maximum atomic E-state index is 12.6. The second kappa shape index (κ2) is 6.15. The molecule has 0 unspecified atom stereocenters. The van der Waals surface area contributed by atoms with Gasteiger partial charge < -0.3 is 9.55 Å². The maximum absolute atomic E-state index is 12.6. The van der Waals surface area contributed by atoms with Gasteiger partial charge in [0, 0.05) is 22.9 Å². The minimum absolute atomic E-state index is 0.0303. The smallest absolute Gasteiger partial charge is 0.260 e. The highest BCUT2D eigenvalue weighted by Crippen LogP contribution is 2.35. The van der Waals surface area contributed by atoms with E-state index in [1.54, 1.807) is 17.7 Å². The number of aryl methyl sites for hydroxylation is 1. The van der Waals surface area contributed by atoms with Crippen LogP contribution in [-0.2, 0) is 7.05 Å². The minimum Gasteiger partial charge on any atom is -0.312 e. The van der Waals surface area contributed by atoms with Crippen molar-refractivity contribution in [1.29, 1.82) is 0 Å². The molecular weight excluding hydrogens is 362 g/mol. The second-order valence-corrected chi connectivity index (χ2v) is 8.36. The predicted octanol–water partition coefficient (Wildman–Crippen LogP) is 3.69. The average Bonchev–Trinajstić information content (AvgIpc) is 3.28. The van der Waals surface area contributed by atoms with Gasteiger partial charge in [-0.1, -0.05) is 17.8 Å². The summed E-state index contributed by atoms with van der Waals surface area (Å²) < 4.78 is 1.85. The normalized spacial score (nSPS) is 12.8. The fourth-order valence-corrected chi connectivity index (χ4v) is 4.98. The van der Waals surface area contributed by atoms with Gasteiger partial charge in [0.1, 0.15) is 17.0 Å². The van der Waals surface area contributed by atoms with Gasteiger partial charge in [0.25, 0.3) is 5.56 Å². The summed E-state index contributed by atoms with van der Waals surface area (Å²) in [7, 11) is 1.89. The number of thioether (sulfide) groups is 1. The zero-order chi connectivity index (χ0) is 16.7. The van der Waals surface area contributed by atoms with E-state index in [1.807, 2.05) is 41.4 Å². The third kappa shape index (κ3) is 2.68. The van der Waals surface area contributed by atoms with E-state index in [9.17, 15) is 4.79 Å². The van der Waals surface area contributed by atoms with Crippen LogP contribution in [-0.4, -0.2) is 24.7 Å². The predicted molar refractivity (Wildman–Crippen MR) is 98.8 cm³/mol. The summed E-state index contributed by atoms with van der Waals surface area (Å²) >= 11 is 4.64. The van der Waals surface area contributed by atoms with Crippen molar-refractivity contribution in [2.75, 3.05) is 0 Å². The van der Waals surface area contributed by atoms with E-state index >= 15 is 0 Å². The van der Waals surface area contributed by atoms with Crippen LogP contribution in [0.1, 0.15) is 18.0 Å². The molecular formula is C15H13N5OS3. The number of aromatic amines is 1. The number of rotatable bonds is 4. The Bertz CT molecular complexity index is 1050. The Kier molecular flexibility index (Phi) is 3.99. The first-order valence-corrected chi connectivity index (χ1v) is 9.83. The van der Waals surface area contributed by atoms with Crippen molar-refractivity contribution < 1.29 is 0 Å². The molecule has 24 heavy (non-hydrogen) atoms. The van der Waals surface area contributed by atoms with Crippen LogP contribution in [0.2, 0.25) is 0 Å². The lowest BCUT2D eigenvalue weighted by Gasteiger charge is -2.09. The Hall–Kier alpha value is -1.97. The van der Waals surface area contributed by atoms with E-state index in [-0.39, 0.29) is 10.8 Å². The summed E-state index contributed by atoms with van der Waals surface area (Å²) in [6.45, 7) is 2.00. The molecule has 0 aliphatic heterocycles. The molecule has 0 spiro atoms. The first-order chi connectivity index (χ1) is 11.6. The van der Waals surface area contributed by atoms with Crippen molar-refractivity contribution in [3.63, 3.8) is 0 Å². The Labute approximate surface area is 149 Å². The number of nitrogens with zero attached hydrogens (tertiary/aromatic N) is 4. The summed E-state index contributed by atoms with van der Waals surface area (Å²) in [6, 6.07) is 4.01. The molecule has 0 fully saturated rings. The average molecular weight is 376 g/mol. The Morgan fingerprint density at radius 3 is 2.96 bits per heavy atom. The van der Waals surface area contributed by atoms with Crippen LogP contribution < -0.4 is 5.56 Å². The van der Waals surface area contributed by atoms with Crippen LogP contribution in [0.3, 0.4) is 0 Å². The molecule has 122 valence electrons. The van der Waals surface area contributed by atoms with Crippen LogP contribution in [0.5, 0.6) is 0 Å². The largest absolute Gasteiger partial charge is 0.312 e. The molecule has 0 radical (unpaired) electrons. The molecule has 0 aliphatic carbocycles. The highest BCUT2D eigenvalue weighted by atomic mass is 32.2. The van der Waals surface area contributed by atoms with Crippen LogP contribution in [0, 0.1) is 0 Å². The molecule has 4 aromatic heterocycles. The lowest BCUT2D eigenvalue weighted by atomic mass is 10.2. The topological polar surface area (TPSA) is 76.5 Å². The number of hydrogen-bond acceptors (Lipinski definition) is 7. The van der Waals surface area contributed by atoms with E-state index in [0.717, 1.165) is 20.4 Å². The first-order valence-electron chi connectivity index (χ1n) is 7.19. The molecule has 1 atom stereocenters. The highest BCUT2D eigenvalue weighted by molar-refractivity contribution is 7.99. The van der Waals surface area contributed by atoms with Gasteiger partial charge in [0.05, 0.1) is 10.6 Å². The standard InChI is InChI=1S/C15H13N5OS3/c1-8(24-15-19-16-7-20(15)2)12-17-13(21)11-9(6-23-14(11)18-12)10-4-3-5-22-10/h3-8H,1-2H3,(H,17,18,21)/t8-/m1/s1. The van der Waals surface area contributed by atoms with Crippen molar-refractivity contribution in [3.8, 4) is 10.4 Å². The molecule has 1 N–H and O–H groups in total. The highest BCUT2D eigenvalue weighted by Gasteiger charge is 2.18. The van der Waals surface area contributed by atoms with Gasteiger partial charge in [-0.3, -0.25) is 4.79 Å². The molecule has 0 saturated heterocycles. The molecule has 0 bridgehead atoms. The molecule has 4 rings (SSSR count). The molecule has 4 heterocycles. The molecule has 0 amide bonds. The van der Waals surface area contributed by atoms with E-state index in [2.05, 4.69) is 20.2 Å². The van der Waals surface area contributed by atoms with E-state index in [0.29, 0.717) is 11.2 Å². The number of hydrogen-bond donors (Lipinski definition) is 1. The fourth-order valence-electron chi connectivity index (χ4n) is 2.36. The number of nitrogens with one attached hydrogen (secondary N) is 1. The molecule has 0 aliphatic rings. The van der Waals surface area contributed by atoms with Crippen molar-refractivity contribution in [2.24, 2.45) is 7.05 Å². The Morgan fingerprint density at radius 2 is 2.25 bits per heavy atom. The monoisotopic (exact) mass is 375 g/mol. The zero-order valence-corrected chi connectivity index (χ0v) is 15.3. The first kappa shape index (κ1) is 15.6.